The lowest BCUT2D eigenvalue weighted by atomic mass is 10.2. The minimum atomic E-state index is -0.504. The number of nitrogens with zero attached hydrogens (tertiary/aromatic N) is 2. The van der Waals surface area contributed by atoms with Crippen molar-refractivity contribution in [2.75, 3.05) is 26.2 Å². The first-order valence-electron chi connectivity index (χ1n) is 9.01. The van der Waals surface area contributed by atoms with E-state index in [1.807, 2.05) is 36.9 Å². The lowest BCUT2D eigenvalue weighted by molar-refractivity contribution is -0.139. The second kappa shape index (κ2) is 8.56. The van der Waals surface area contributed by atoms with Gasteiger partial charge in [-0.1, -0.05) is 41.9 Å². The molecule has 1 fully saturated rings. The molecule has 1 saturated heterocycles. The van der Waals surface area contributed by atoms with Crippen LogP contribution in [-0.2, 0) is 11.3 Å². The van der Waals surface area contributed by atoms with E-state index < -0.39 is 6.10 Å². The second-order valence-electron chi connectivity index (χ2n) is 6.76. The molecular weight excluding hydrogens is 348 g/mol. The van der Waals surface area contributed by atoms with Crippen molar-refractivity contribution in [1.82, 2.24) is 9.80 Å². The summed E-state index contributed by atoms with van der Waals surface area (Å²) in [6.45, 7) is 7.91. The van der Waals surface area contributed by atoms with E-state index in [2.05, 4.69) is 29.2 Å². The highest BCUT2D eigenvalue weighted by atomic mass is 35.5. The number of carbonyl (C=O) groups excluding carboxylic acids is 1. The summed E-state index contributed by atoms with van der Waals surface area (Å²) in [5.74, 6) is 0.747. The van der Waals surface area contributed by atoms with E-state index in [1.165, 1.54) is 5.56 Å². The third-order valence-electron chi connectivity index (χ3n) is 4.72. The van der Waals surface area contributed by atoms with Crippen molar-refractivity contribution in [3.63, 3.8) is 0 Å². The van der Waals surface area contributed by atoms with Crippen molar-refractivity contribution >= 4 is 17.5 Å². The number of carbonyl (C=O) groups is 1. The van der Waals surface area contributed by atoms with E-state index in [0.717, 1.165) is 38.3 Å². The Labute approximate surface area is 160 Å². The van der Waals surface area contributed by atoms with Gasteiger partial charge in [-0.2, -0.15) is 0 Å². The molecule has 0 N–H and O–H groups in total. The standard InChI is InChI=1S/C21H25ClN2O2/c1-16-14-19(22)8-9-20(16)26-17(2)21(25)24-12-10-23(11-13-24)15-18-6-4-3-5-7-18/h3-9,14,17H,10-13,15H2,1-2H3/t17-/m0/s1. The highest BCUT2D eigenvalue weighted by molar-refractivity contribution is 6.30. The Hall–Kier alpha value is -2.04. The van der Waals surface area contributed by atoms with Crippen molar-refractivity contribution in [3.8, 4) is 5.75 Å². The average Bonchev–Trinajstić information content (AvgIpc) is 2.65. The Bertz CT molecular complexity index is 743. The minimum Gasteiger partial charge on any atom is -0.481 e. The maximum atomic E-state index is 12.7. The molecule has 1 aliphatic rings. The molecule has 5 heteroatoms. The van der Waals surface area contributed by atoms with Gasteiger partial charge in [0.2, 0.25) is 0 Å². The molecule has 1 atom stereocenters. The number of piperazine rings is 1. The predicted octanol–water partition coefficient (Wildman–Crippen LogP) is 3.76. The highest BCUT2D eigenvalue weighted by Crippen LogP contribution is 2.23. The van der Waals surface area contributed by atoms with Gasteiger partial charge in [0.05, 0.1) is 0 Å². The summed E-state index contributed by atoms with van der Waals surface area (Å²) in [4.78, 5) is 17.0. The van der Waals surface area contributed by atoms with Crippen LogP contribution in [0.4, 0.5) is 0 Å². The quantitative estimate of drug-likeness (QED) is 0.801. The number of ether oxygens (including phenoxy) is 1. The Morgan fingerprint density at radius 3 is 2.46 bits per heavy atom. The SMILES string of the molecule is Cc1cc(Cl)ccc1O[C@@H](C)C(=O)N1CCN(Cc2ccccc2)CC1. The zero-order valence-electron chi connectivity index (χ0n) is 15.3. The van der Waals surface area contributed by atoms with Gasteiger partial charge in [-0.3, -0.25) is 9.69 Å². The molecule has 0 aliphatic carbocycles. The summed E-state index contributed by atoms with van der Waals surface area (Å²) in [5.41, 5.74) is 2.24. The summed E-state index contributed by atoms with van der Waals surface area (Å²) < 4.78 is 5.87. The lowest BCUT2D eigenvalue weighted by Crippen LogP contribution is -2.51. The summed E-state index contributed by atoms with van der Waals surface area (Å²) in [6, 6.07) is 15.9. The third kappa shape index (κ3) is 4.77. The molecule has 1 heterocycles. The first-order chi connectivity index (χ1) is 12.5. The maximum absolute atomic E-state index is 12.7. The minimum absolute atomic E-state index is 0.0405. The van der Waals surface area contributed by atoms with Gasteiger partial charge >= 0.3 is 0 Å². The fourth-order valence-corrected chi connectivity index (χ4v) is 3.44. The summed E-state index contributed by atoms with van der Waals surface area (Å²) in [5, 5.41) is 0.670. The number of rotatable bonds is 5. The second-order valence-corrected chi connectivity index (χ2v) is 7.19. The molecule has 1 aliphatic heterocycles. The van der Waals surface area contributed by atoms with Crippen LogP contribution in [-0.4, -0.2) is 48.0 Å². The molecule has 0 unspecified atom stereocenters. The Morgan fingerprint density at radius 1 is 1.12 bits per heavy atom. The Balaban J connectivity index is 1.51. The van der Waals surface area contributed by atoms with Crippen LogP contribution in [0.3, 0.4) is 0 Å². The first kappa shape index (κ1) is 18.7. The van der Waals surface area contributed by atoms with Crippen molar-refractivity contribution in [2.45, 2.75) is 26.5 Å². The van der Waals surface area contributed by atoms with Crippen LogP contribution in [0.5, 0.6) is 5.75 Å². The van der Waals surface area contributed by atoms with Gasteiger partial charge in [0.1, 0.15) is 5.75 Å². The van der Waals surface area contributed by atoms with Gasteiger partial charge in [-0.05, 0) is 43.2 Å². The number of hydrogen-bond donors (Lipinski definition) is 0. The molecule has 0 saturated carbocycles. The monoisotopic (exact) mass is 372 g/mol. The number of amides is 1. The molecule has 1 amide bonds. The van der Waals surface area contributed by atoms with Gasteiger partial charge < -0.3 is 9.64 Å². The Morgan fingerprint density at radius 2 is 1.81 bits per heavy atom. The van der Waals surface area contributed by atoms with E-state index in [4.69, 9.17) is 16.3 Å². The number of halogens is 1. The fourth-order valence-electron chi connectivity index (χ4n) is 3.21. The van der Waals surface area contributed by atoms with Crippen molar-refractivity contribution in [2.24, 2.45) is 0 Å². The van der Waals surface area contributed by atoms with Crippen LogP contribution < -0.4 is 4.74 Å². The van der Waals surface area contributed by atoms with Gasteiger partial charge in [0.15, 0.2) is 6.10 Å². The van der Waals surface area contributed by atoms with Crippen LogP contribution in [0, 0.1) is 6.92 Å². The third-order valence-corrected chi connectivity index (χ3v) is 4.96. The maximum Gasteiger partial charge on any atom is 0.263 e. The predicted molar refractivity (Wildman–Crippen MR) is 105 cm³/mol. The van der Waals surface area contributed by atoms with Crippen LogP contribution >= 0.6 is 11.6 Å². The Kier molecular flexibility index (Phi) is 6.17. The molecule has 0 aromatic heterocycles. The molecular formula is C21H25ClN2O2. The topological polar surface area (TPSA) is 32.8 Å². The molecule has 3 rings (SSSR count). The van der Waals surface area contributed by atoms with E-state index >= 15 is 0 Å². The zero-order chi connectivity index (χ0) is 18.5. The highest BCUT2D eigenvalue weighted by Gasteiger charge is 2.26. The average molecular weight is 373 g/mol. The van der Waals surface area contributed by atoms with E-state index in [-0.39, 0.29) is 5.91 Å². The van der Waals surface area contributed by atoms with Crippen molar-refractivity contribution < 1.29 is 9.53 Å². The smallest absolute Gasteiger partial charge is 0.263 e. The molecule has 0 bridgehead atoms. The molecule has 0 radical (unpaired) electrons. The molecule has 2 aromatic carbocycles. The van der Waals surface area contributed by atoms with Gasteiger partial charge in [-0.25, -0.2) is 0 Å². The summed E-state index contributed by atoms with van der Waals surface area (Å²) in [7, 11) is 0. The van der Waals surface area contributed by atoms with Crippen LogP contribution in [0.1, 0.15) is 18.1 Å². The first-order valence-corrected chi connectivity index (χ1v) is 9.38. The zero-order valence-corrected chi connectivity index (χ0v) is 16.1. The summed E-state index contributed by atoms with van der Waals surface area (Å²) in [6.07, 6.45) is -0.504. The molecule has 26 heavy (non-hydrogen) atoms. The normalized spacial score (nSPS) is 16.3. The fraction of sp³-hybridized carbons (Fsp3) is 0.381. The van der Waals surface area contributed by atoms with Gasteiger partial charge in [-0.15, -0.1) is 0 Å². The number of benzene rings is 2. The summed E-state index contributed by atoms with van der Waals surface area (Å²) >= 11 is 5.97. The van der Waals surface area contributed by atoms with E-state index in [9.17, 15) is 4.79 Å². The van der Waals surface area contributed by atoms with Gasteiger partial charge in [0, 0.05) is 37.7 Å². The van der Waals surface area contributed by atoms with E-state index in [1.54, 1.807) is 6.07 Å². The van der Waals surface area contributed by atoms with Crippen LogP contribution in [0.25, 0.3) is 0 Å². The van der Waals surface area contributed by atoms with E-state index in [0.29, 0.717) is 10.8 Å². The van der Waals surface area contributed by atoms with Crippen LogP contribution in [0.2, 0.25) is 5.02 Å². The molecule has 4 nitrogen and oxygen atoms in total. The van der Waals surface area contributed by atoms with Gasteiger partial charge in [0.25, 0.3) is 5.91 Å². The number of aryl methyl sites for hydroxylation is 1. The number of hydrogen-bond acceptors (Lipinski definition) is 3. The lowest BCUT2D eigenvalue weighted by Gasteiger charge is -2.36. The molecule has 2 aromatic rings. The van der Waals surface area contributed by atoms with Crippen LogP contribution in [0.15, 0.2) is 48.5 Å². The molecule has 0 spiro atoms. The van der Waals surface area contributed by atoms with Crippen molar-refractivity contribution in [1.29, 1.82) is 0 Å². The van der Waals surface area contributed by atoms with Crippen molar-refractivity contribution in [3.05, 3.63) is 64.7 Å². The molecule has 138 valence electrons. The largest absolute Gasteiger partial charge is 0.481 e.